The highest BCUT2D eigenvalue weighted by atomic mass is 16.7. The Hall–Kier alpha value is -1.91. The van der Waals surface area contributed by atoms with Crippen molar-refractivity contribution in [3.8, 4) is 0 Å². The van der Waals surface area contributed by atoms with E-state index in [1.54, 1.807) is 24.3 Å². The Morgan fingerprint density at radius 1 is 0.636 bits per heavy atom. The third-order valence-electron chi connectivity index (χ3n) is 8.59. The van der Waals surface area contributed by atoms with E-state index in [1.807, 2.05) is 0 Å². The molecule has 0 radical (unpaired) electrons. The number of aromatic nitrogens is 2. The van der Waals surface area contributed by atoms with E-state index in [0.717, 1.165) is 51.4 Å². The normalized spacial score (nSPS) is 32.8. The zero-order chi connectivity index (χ0) is 31.8. The lowest BCUT2D eigenvalue weighted by Crippen LogP contribution is -2.60. The Kier molecular flexibility index (Phi) is 13.2. The number of fused-ring (bicyclic) bond motifs is 1. The second-order valence-corrected chi connectivity index (χ2v) is 11.9. The lowest BCUT2D eigenvalue weighted by atomic mass is 9.98. The molecule has 0 aliphatic carbocycles. The van der Waals surface area contributed by atoms with Crippen LogP contribution in [0.25, 0.3) is 11.0 Å². The summed E-state index contributed by atoms with van der Waals surface area (Å²) < 4.78 is 25.4. The molecule has 0 amide bonds. The van der Waals surface area contributed by atoms with Gasteiger partial charge in [0.15, 0.2) is 12.6 Å². The maximum absolute atomic E-state index is 13.8. The highest BCUT2D eigenvalue weighted by Crippen LogP contribution is 2.27. The van der Waals surface area contributed by atoms with Crippen molar-refractivity contribution < 1.29 is 49.6 Å². The first-order valence-electron chi connectivity index (χ1n) is 16.0. The molecule has 6 N–H and O–H groups in total. The van der Waals surface area contributed by atoms with E-state index < -0.39 is 67.1 Å². The van der Waals surface area contributed by atoms with Gasteiger partial charge in [-0.25, -0.2) is 4.79 Å². The number of rotatable bonds is 16. The Labute approximate surface area is 257 Å². The molecule has 1 aromatic heterocycles. The topological polar surface area (TPSA) is 185 Å². The number of unbranched alkanes of at least 4 members (excludes halogenated alkanes) is 6. The fourth-order valence-electron chi connectivity index (χ4n) is 6.01. The van der Waals surface area contributed by atoms with Crippen LogP contribution >= 0.6 is 0 Å². The summed E-state index contributed by atoms with van der Waals surface area (Å²) >= 11 is 0. The maximum atomic E-state index is 13.8. The van der Waals surface area contributed by atoms with E-state index in [2.05, 4.69) is 13.8 Å². The first-order chi connectivity index (χ1) is 21.2. The molecular weight excluding hydrogens is 576 g/mol. The van der Waals surface area contributed by atoms with Gasteiger partial charge in [-0.15, -0.1) is 0 Å². The van der Waals surface area contributed by atoms with Crippen LogP contribution in [0.2, 0.25) is 0 Å². The molecule has 250 valence electrons. The van der Waals surface area contributed by atoms with E-state index in [-0.39, 0.29) is 13.1 Å². The van der Waals surface area contributed by atoms with Gasteiger partial charge in [-0.05, 0) is 25.0 Å². The number of hydrogen-bond donors (Lipinski definition) is 6. The second kappa shape index (κ2) is 16.6. The van der Waals surface area contributed by atoms with Crippen LogP contribution in [-0.4, -0.2) is 114 Å². The minimum absolute atomic E-state index is 0.161. The fraction of sp³-hybridized carbons (Fsp3) is 0.774. The molecule has 44 heavy (non-hydrogen) atoms. The number of ether oxygens (including phenoxy) is 4. The van der Waals surface area contributed by atoms with E-state index >= 15 is 0 Å². The van der Waals surface area contributed by atoms with Crippen LogP contribution in [0.3, 0.4) is 0 Å². The largest absolute Gasteiger partial charge is 0.388 e. The molecule has 3 heterocycles. The van der Waals surface area contributed by atoms with Crippen LogP contribution in [0.15, 0.2) is 29.1 Å². The average Bonchev–Trinajstić information content (AvgIpc) is 3.27. The van der Waals surface area contributed by atoms with E-state index in [0.29, 0.717) is 24.2 Å². The highest BCUT2D eigenvalue weighted by molar-refractivity contribution is 5.76. The number of hydrogen-bond acceptors (Lipinski definition) is 11. The third-order valence-corrected chi connectivity index (χ3v) is 8.59. The number of para-hydroxylation sites is 2. The number of benzene rings is 1. The van der Waals surface area contributed by atoms with Crippen molar-refractivity contribution in [3.05, 3.63) is 34.7 Å². The van der Waals surface area contributed by atoms with E-state index in [9.17, 15) is 35.4 Å². The SMILES string of the molecule is CCCCCCOC1C(O)C(O)OC(Cn2c(=O)n(CC3OC(O)C(O)C(OCCCCCC)C3O)c3ccccc32)C1O. The molecular formula is C31H50N2O11. The van der Waals surface area contributed by atoms with Crippen LogP contribution in [0.4, 0.5) is 0 Å². The van der Waals surface area contributed by atoms with Gasteiger partial charge >= 0.3 is 5.69 Å². The zero-order valence-corrected chi connectivity index (χ0v) is 25.7. The number of nitrogens with zero attached hydrogens (tertiary/aromatic N) is 2. The van der Waals surface area contributed by atoms with Gasteiger partial charge in [0.25, 0.3) is 0 Å². The molecule has 10 unspecified atom stereocenters. The van der Waals surface area contributed by atoms with Crippen LogP contribution < -0.4 is 5.69 Å². The summed E-state index contributed by atoms with van der Waals surface area (Å²) in [5.74, 6) is 0. The molecule has 0 saturated carbocycles. The second-order valence-electron chi connectivity index (χ2n) is 11.9. The lowest BCUT2D eigenvalue weighted by molar-refractivity contribution is -0.292. The summed E-state index contributed by atoms with van der Waals surface area (Å²) in [5.41, 5.74) is 0.495. The fourth-order valence-corrected chi connectivity index (χ4v) is 6.01. The van der Waals surface area contributed by atoms with Crippen molar-refractivity contribution in [2.75, 3.05) is 13.2 Å². The van der Waals surface area contributed by atoms with Crippen LogP contribution in [0, 0.1) is 0 Å². The van der Waals surface area contributed by atoms with Crippen LogP contribution in [-0.2, 0) is 32.0 Å². The lowest BCUT2D eigenvalue weighted by Gasteiger charge is -2.40. The van der Waals surface area contributed by atoms with Gasteiger partial charge in [0.2, 0.25) is 0 Å². The highest BCUT2D eigenvalue weighted by Gasteiger charge is 2.46. The maximum Gasteiger partial charge on any atom is 0.329 e. The Balaban J connectivity index is 1.51. The van der Waals surface area contributed by atoms with Gasteiger partial charge in [-0.1, -0.05) is 64.5 Å². The summed E-state index contributed by atoms with van der Waals surface area (Å²) in [7, 11) is 0. The van der Waals surface area contributed by atoms with Gasteiger partial charge in [-0.3, -0.25) is 9.13 Å². The summed E-state index contributed by atoms with van der Waals surface area (Å²) in [4.78, 5) is 13.8. The zero-order valence-electron chi connectivity index (χ0n) is 25.7. The van der Waals surface area contributed by atoms with Crippen molar-refractivity contribution in [2.45, 2.75) is 140 Å². The van der Waals surface area contributed by atoms with Gasteiger partial charge in [0, 0.05) is 13.2 Å². The third kappa shape index (κ3) is 8.08. The van der Waals surface area contributed by atoms with Crippen molar-refractivity contribution in [1.82, 2.24) is 9.13 Å². The summed E-state index contributed by atoms with van der Waals surface area (Å²) in [5, 5.41) is 63.9. The molecule has 10 atom stereocenters. The molecule has 13 heteroatoms. The molecule has 1 aromatic carbocycles. The van der Waals surface area contributed by atoms with Crippen LogP contribution in [0.1, 0.15) is 65.2 Å². The number of imidazole rings is 1. The standard InChI is InChI=1S/C31H50N2O11/c1-3-5-7-11-15-41-27-23(34)21(43-29(38)25(27)36)17-32-19-13-9-10-14-20(19)33(31(32)40)18-22-24(35)28(26(37)30(39)44-22)42-16-12-8-6-4-2/h9-10,13-14,21-30,34-39H,3-8,11-12,15-18H2,1-2H3. The number of aliphatic hydroxyl groups excluding tert-OH is 6. The molecule has 2 aliphatic heterocycles. The summed E-state index contributed by atoms with van der Waals surface area (Å²) in [6.07, 6.45) is -5.65. The van der Waals surface area contributed by atoms with Gasteiger partial charge in [0.1, 0.15) is 48.8 Å². The number of aliphatic hydroxyl groups is 6. The predicted octanol–water partition coefficient (Wildman–Crippen LogP) is 0.612. The smallest absolute Gasteiger partial charge is 0.329 e. The average molecular weight is 627 g/mol. The van der Waals surface area contributed by atoms with Crippen LogP contribution in [0.5, 0.6) is 0 Å². The molecule has 2 aromatic rings. The molecule has 0 spiro atoms. The summed E-state index contributed by atoms with van der Waals surface area (Å²) in [6, 6.07) is 6.93. The first-order valence-corrected chi connectivity index (χ1v) is 16.0. The van der Waals surface area contributed by atoms with Gasteiger partial charge < -0.3 is 49.6 Å². The summed E-state index contributed by atoms with van der Waals surface area (Å²) in [6.45, 7) is 4.45. The van der Waals surface area contributed by atoms with Crippen molar-refractivity contribution >= 4 is 11.0 Å². The quantitative estimate of drug-likeness (QED) is 0.144. The van der Waals surface area contributed by atoms with Crippen molar-refractivity contribution in [1.29, 1.82) is 0 Å². The minimum atomic E-state index is -1.62. The molecule has 13 nitrogen and oxygen atoms in total. The molecule has 2 fully saturated rings. The predicted molar refractivity (Wildman–Crippen MR) is 160 cm³/mol. The molecule has 2 saturated heterocycles. The molecule has 0 bridgehead atoms. The monoisotopic (exact) mass is 626 g/mol. The van der Waals surface area contributed by atoms with Gasteiger partial charge in [-0.2, -0.15) is 0 Å². The van der Waals surface area contributed by atoms with Crippen molar-refractivity contribution in [3.63, 3.8) is 0 Å². The van der Waals surface area contributed by atoms with Crippen molar-refractivity contribution in [2.24, 2.45) is 0 Å². The Bertz CT molecular complexity index is 1120. The molecule has 2 aliphatic rings. The van der Waals surface area contributed by atoms with E-state index in [1.165, 1.54) is 9.13 Å². The molecule has 4 rings (SSSR count). The Morgan fingerprint density at radius 3 is 1.43 bits per heavy atom. The van der Waals surface area contributed by atoms with E-state index in [4.69, 9.17) is 18.9 Å². The first kappa shape index (κ1) is 35.0. The van der Waals surface area contributed by atoms with Gasteiger partial charge in [0.05, 0.1) is 24.1 Å². The minimum Gasteiger partial charge on any atom is -0.388 e. The Morgan fingerprint density at radius 2 is 1.05 bits per heavy atom.